The molecule has 2 aromatic rings. The number of nitrogens with one attached hydrogen (secondary N) is 3. The molecule has 1 heterocycles. The second kappa shape index (κ2) is 10.8. The zero-order valence-electron chi connectivity index (χ0n) is 17.3. The molecule has 1 aromatic carbocycles. The van der Waals surface area contributed by atoms with Gasteiger partial charge in [0.2, 0.25) is 11.9 Å². The number of rotatable bonds is 10. The molecule has 1 aromatic heterocycles. The molecule has 0 aliphatic rings. The van der Waals surface area contributed by atoms with Gasteiger partial charge in [-0.3, -0.25) is 9.59 Å². The van der Waals surface area contributed by atoms with E-state index in [1.165, 1.54) is 0 Å². The van der Waals surface area contributed by atoms with Crippen LogP contribution in [-0.2, 0) is 14.3 Å². The Morgan fingerprint density at radius 2 is 2.03 bits per heavy atom. The third-order valence-corrected chi connectivity index (χ3v) is 4.75. The summed E-state index contributed by atoms with van der Waals surface area (Å²) in [7, 11) is 0. The van der Waals surface area contributed by atoms with Crippen molar-refractivity contribution >= 4 is 50.9 Å². The first-order chi connectivity index (χ1) is 14.2. The molecule has 0 spiro atoms. The number of carbonyl (C=O) groups is 2. The van der Waals surface area contributed by atoms with Crippen molar-refractivity contribution in [3.8, 4) is 0 Å². The monoisotopic (exact) mass is 478 g/mol. The van der Waals surface area contributed by atoms with Gasteiger partial charge in [0.05, 0.1) is 11.1 Å². The Bertz CT molecular complexity index is 891. The number of hydrogen-bond donors (Lipinski definition) is 4. The smallest absolute Gasteiger partial charge is 0.321 e. The van der Waals surface area contributed by atoms with Gasteiger partial charge in [-0.2, -0.15) is 4.98 Å². The minimum absolute atomic E-state index is 0.238. The van der Waals surface area contributed by atoms with Crippen molar-refractivity contribution in [2.24, 2.45) is 5.41 Å². The van der Waals surface area contributed by atoms with E-state index in [4.69, 9.17) is 10.5 Å². The van der Waals surface area contributed by atoms with Crippen molar-refractivity contribution < 1.29 is 14.3 Å². The van der Waals surface area contributed by atoms with Crippen LogP contribution in [0.1, 0.15) is 27.2 Å². The standard InChI is InChI=1S/C20H27BrN6O3/c1-4-30-18(29)20(2,3)17(28)24-10-6-9-23-16-15(21)12-25-19(27-16)26-14-8-5-7-13(22)11-14/h5,7-8,11-12H,4,6,9-10,22H2,1-3H3,(H,24,28)(H2,23,25,26,27). The van der Waals surface area contributed by atoms with Gasteiger partial charge < -0.3 is 26.4 Å². The molecule has 162 valence electrons. The van der Waals surface area contributed by atoms with Crippen molar-refractivity contribution in [2.45, 2.75) is 27.2 Å². The maximum atomic E-state index is 12.2. The number of hydrogen-bond acceptors (Lipinski definition) is 8. The van der Waals surface area contributed by atoms with Gasteiger partial charge >= 0.3 is 5.97 Å². The number of nitrogen functional groups attached to an aromatic ring is 1. The summed E-state index contributed by atoms with van der Waals surface area (Å²) in [6.07, 6.45) is 2.28. The summed E-state index contributed by atoms with van der Waals surface area (Å²) in [6, 6.07) is 7.30. The van der Waals surface area contributed by atoms with Gasteiger partial charge in [0.1, 0.15) is 11.2 Å². The van der Waals surface area contributed by atoms with E-state index in [1.807, 2.05) is 12.1 Å². The molecule has 0 saturated heterocycles. The van der Waals surface area contributed by atoms with Crippen LogP contribution >= 0.6 is 15.9 Å². The maximum Gasteiger partial charge on any atom is 0.321 e. The Labute approximate surface area is 184 Å². The molecular weight excluding hydrogens is 452 g/mol. The summed E-state index contributed by atoms with van der Waals surface area (Å²) < 4.78 is 5.66. The molecule has 5 N–H and O–H groups in total. The van der Waals surface area contributed by atoms with E-state index < -0.39 is 11.4 Å². The van der Waals surface area contributed by atoms with Crippen LogP contribution in [-0.4, -0.2) is 41.5 Å². The SMILES string of the molecule is CCOC(=O)C(C)(C)C(=O)NCCCNc1nc(Nc2cccc(N)c2)ncc1Br. The van der Waals surface area contributed by atoms with E-state index in [1.54, 1.807) is 39.1 Å². The summed E-state index contributed by atoms with van der Waals surface area (Å²) in [5.74, 6) is 0.147. The number of aromatic nitrogens is 2. The van der Waals surface area contributed by atoms with Gasteiger partial charge in [0.25, 0.3) is 0 Å². The van der Waals surface area contributed by atoms with Gasteiger partial charge in [-0.25, -0.2) is 4.98 Å². The summed E-state index contributed by atoms with van der Waals surface area (Å²) in [4.78, 5) is 32.8. The Hall–Kier alpha value is -2.88. The highest BCUT2D eigenvalue weighted by Crippen LogP contribution is 2.22. The van der Waals surface area contributed by atoms with E-state index in [0.29, 0.717) is 41.4 Å². The quantitative estimate of drug-likeness (QED) is 0.177. The summed E-state index contributed by atoms with van der Waals surface area (Å²) in [6.45, 7) is 6.01. The van der Waals surface area contributed by atoms with E-state index >= 15 is 0 Å². The highest BCUT2D eigenvalue weighted by atomic mass is 79.9. The van der Waals surface area contributed by atoms with Crippen LogP contribution in [0, 0.1) is 5.41 Å². The topological polar surface area (TPSA) is 131 Å². The molecule has 0 aliphatic carbocycles. The van der Waals surface area contributed by atoms with Gasteiger partial charge in [0.15, 0.2) is 0 Å². The molecule has 0 fully saturated rings. The first-order valence-corrected chi connectivity index (χ1v) is 10.4. The first kappa shape index (κ1) is 23.4. The fraction of sp³-hybridized carbons (Fsp3) is 0.400. The van der Waals surface area contributed by atoms with Gasteiger partial charge in [-0.1, -0.05) is 6.07 Å². The van der Waals surface area contributed by atoms with Crippen LogP contribution in [0.2, 0.25) is 0 Å². The summed E-state index contributed by atoms with van der Waals surface area (Å²) in [5.41, 5.74) is 5.99. The maximum absolute atomic E-state index is 12.2. The number of halogens is 1. The highest BCUT2D eigenvalue weighted by Gasteiger charge is 2.37. The third kappa shape index (κ3) is 6.58. The molecular formula is C20H27BrN6O3. The van der Waals surface area contributed by atoms with Crippen LogP contribution in [0.25, 0.3) is 0 Å². The lowest BCUT2D eigenvalue weighted by atomic mass is 9.92. The molecule has 1 amide bonds. The number of carbonyl (C=O) groups excluding carboxylic acids is 2. The number of nitrogens with two attached hydrogens (primary N) is 1. The van der Waals surface area contributed by atoms with Crippen LogP contribution in [0.5, 0.6) is 0 Å². The zero-order valence-corrected chi connectivity index (χ0v) is 18.9. The molecule has 0 bridgehead atoms. The van der Waals surface area contributed by atoms with Crippen LogP contribution < -0.4 is 21.7 Å². The lowest BCUT2D eigenvalue weighted by Crippen LogP contribution is -2.43. The number of nitrogens with zero attached hydrogens (tertiary/aromatic N) is 2. The molecule has 0 saturated carbocycles. The number of ether oxygens (including phenoxy) is 1. The second-order valence-electron chi connectivity index (χ2n) is 7.02. The lowest BCUT2D eigenvalue weighted by molar-refractivity contribution is -0.158. The molecule has 0 unspecified atom stereocenters. The molecule has 0 atom stereocenters. The molecule has 30 heavy (non-hydrogen) atoms. The van der Waals surface area contributed by atoms with Crippen molar-refractivity contribution in [3.63, 3.8) is 0 Å². The molecule has 2 rings (SSSR count). The van der Waals surface area contributed by atoms with Crippen molar-refractivity contribution in [3.05, 3.63) is 34.9 Å². The zero-order chi connectivity index (χ0) is 22.1. The number of amides is 1. The molecule has 9 nitrogen and oxygen atoms in total. The number of anilines is 4. The lowest BCUT2D eigenvalue weighted by Gasteiger charge is -2.21. The average molecular weight is 479 g/mol. The predicted molar refractivity (Wildman–Crippen MR) is 120 cm³/mol. The summed E-state index contributed by atoms with van der Waals surface area (Å²) >= 11 is 3.42. The minimum atomic E-state index is -1.22. The van der Waals surface area contributed by atoms with Crippen molar-refractivity contribution in [2.75, 3.05) is 36.1 Å². The highest BCUT2D eigenvalue weighted by molar-refractivity contribution is 9.10. The van der Waals surface area contributed by atoms with Gasteiger partial charge in [-0.05, 0) is 61.3 Å². The number of esters is 1. The first-order valence-electron chi connectivity index (χ1n) is 9.58. The molecule has 10 heteroatoms. The Kier molecular flexibility index (Phi) is 8.40. The van der Waals surface area contributed by atoms with E-state index in [9.17, 15) is 9.59 Å². The van der Waals surface area contributed by atoms with E-state index in [2.05, 4.69) is 41.8 Å². The van der Waals surface area contributed by atoms with Crippen LogP contribution in [0.4, 0.5) is 23.1 Å². The Morgan fingerprint density at radius 1 is 1.27 bits per heavy atom. The normalized spacial score (nSPS) is 10.9. The fourth-order valence-electron chi connectivity index (χ4n) is 2.42. The Balaban J connectivity index is 1.83. The fourth-order valence-corrected chi connectivity index (χ4v) is 2.75. The van der Waals surface area contributed by atoms with Crippen LogP contribution in [0.3, 0.4) is 0 Å². The van der Waals surface area contributed by atoms with E-state index in [-0.39, 0.29) is 12.5 Å². The second-order valence-corrected chi connectivity index (χ2v) is 7.88. The summed E-state index contributed by atoms with van der Waals surface area (Å²) in [5, 5.41) is 9.07. The molecule has 0 aliphatic heterocycles. The van der Waals surface area contributed by atoms with Gasteiger partial charge in [-0.15, -0.1) is 0 Å². The molecule has 0 radical (unpaired) electrons. The average Bonchev–Trinajstić information content (AvgIpc) is 2.70. The van der Waals surface area contributed by atoms with Crippen molar-refractivity contribution in [1.82, 2.24) is 15.3 Å². The van der Waals surface area contributed by atoms with Crippen LogP contribution in [0.15, 0.2) is 34.9 Å². The Morgan fingerprint density at radius 3 is 2.73 bits per heavy atom. The third-order valence-electron chi connectivity index (χ3n) is 4.17. The van der Waals surface area contributed by atoms with E-state index in [0.717, 1.165) is 5.69 Å². The largest absolute Gasteiger partial charge is 0.465 e. The predicted octanol–water partition coefficient (Wildman–Crippen LogP) is 3.07. The number of benzene rings is 1. The minimum Gasteiger partial charge on any atom is -0.465 e. The van der Waals surface area contributed by atoms with Crippen molar-refractivity contribution in [1.29, 1.82) is 0 Å². The van der Waals surface area contributed by atoms with Gasteiger partial charge in [0, 0.05) is 30.7 Å².